The number of ether oxygens (including phenoxy) is 1. The average molecular weight is 608 g/mol. The molecule has 0 bridgehead atoms. The van der Waals surface area contributed by atoms with Crippen LogP contribution in [-0.4, -0.2) is 65.7 Å². The number of carbonyl (C=O) groups excluding carboxylic acids is 5. The molecule has 230 valence electrons. The third kappa shape index (κ3) is 8.51. The molecule has 1 saturated heterocycles. The van der Waals surface area contributed by atoms with Crippen molar-refractivity contribution in [3.05, 3.63) is 35.8 Å². The van der Waals surface area contributed by atoms with E-state index in [1.807, 2.05) is 0 Å². The van der Waals surface area contributed by atoms with Gasteiger partial charge in [-0.1, -0.05) is 38.8 Å². The van der Waals surface area contributed by atoms with Crippen molar-refractivity contribution in [1.82, 2.24) is 20.9 Å². The van der Waals surface area contributed by atoms with Gasteiger partial charge in [0, 0.05) is 17.8 Å². The van der Waals surface area contributed by atoms with Gasteiger partial charge >= 0.3 is 5.97 Å². The van der Waals surface area contributed by atoms with Crippen LogP contribution in [-0.2, 0) is 23.9 Å². The second-order valence-corrected chi connectivity index (χ2v) is 11.4. The van der Waals surface area contributed by atoms with Gasteiger partial charge in [0.2, 0.25) is 11.8 Å². The predicted octanol–water partition coefficient (Wildman–Crippen LogP) is 2.12. The van der Waals surface area contributed by atoms with Crippen molar-refractivity contribution in [3.8, 4) is 0 Å². The number of hydrogen-bond donors (Lipinski definition) is 5. The molecule has 1 saturated carbocycles. The number of H-pyrrole nitrogens is 1. The third-order valence-electron chi connectivity index (χ3n) is 7.71. The quantitative estimate of drug-likeness (QED) is 0.217. The van der Waals surface area contributed by atoms with E-state index in [0.29, 0.717) is 24.8 Å². The first-order valence-electron chi connectivity index (χ1n) is 14.1. The Morgan fingerprint density at radius 1 is 1.10 bits per heavy atom. The van der Waals surface area contributed by atoms with E-state index in [2.05, 4.69) is 20.9 Å². The van der Waals surface area contributed by atoms with Gasteiger partial charge in [-0.3, -0.25) is 24.0 Å². The smallest absolute Gasteiger partial charge is 0.323 e. The summed E-state index contributed by atoms with van der Waals surface area (Å²) in [4.78, 5) is 67.2. The Morgan fingerprint density at radius 2 is 1.83 bits per heavy atom. The number of piperidine rings is 1. The van der Waals surface area contributed by atoms with Gasteiger partial charge in [0.25, 0.3) is 5.91 Å². The first kappa shape index (κ1) is 33.0. The monoisotopic (exact) mass is 607 g/mol. The molecule has 3 amide bonds. The number of halogens is 2. The molecule has 2 aliphatic rings. The minimum absolute atomic E-state index is 0. The molecule has 2 fully saturated rings. The summed E-state index contributed by atoms with van der Waals surface area (Å²) in [6.07, 6.45) is 3.48. The summed E-state index contributed by atoms with van der Waals surface area (Å²) in [5.41, 5.74) is 6.10. The molecule has 4 atom stereocenters. The number of nitrogens with two attached hydrogens (primary N) is 1. The SMILES string of the molecule is CC(C)C(N)C(=O)OCC(=O)C(C[C@@H]1CCCNC1=O)NC(=O)C(CC1CC1)NC(=O)c1cc2cccc(F)c2[nH]1.Cl. The van der Waals surface area contributed by atoms with Gasteiger partial charge < -0.3 is 31.4 Å². The number of hydrogen-bond acceptors (Lipinski definition) is 7. The number of nitrogens with one attached hydrogen (secondary N) is 4. The lowest BCUT2D eigenvalue weighted by atomic mass is 9.90. The van der Waals surface area contributed by atoms with Gasteiger partial charge in [0.15, 0.2) is 12.4 Å². The number of ketones is 1. The zero-order valence-electron chi connectivity index (χ0n) is 23.7. The number of rotatable bonds is 13. The van der Waals surface area contributed by atoms with Crippen molar-refractivity contribution in [2.24, 2.45) is 23.5 Å². The van der Waals surface area contributed by atoms with E-state index < -0.39 is 60.0 Å². The highest BCUT2D eigenvalue weighted by Crippen LogP contribution is 2.33. The van der Waals surface area contributed by atoms with Crippen LogP contribution in [0.2, 0.25) is 0 Å². The number of amides is 3. The fourth-order valence-electron chi connectivity index (χ4n) is 4.90. The van der Waals surface area contributed by atoms with E-state index in [1.54, 1.807) is 19.9 Å². The van der Waals surface area contributed by atoms with Crippen molar-refractivity contribution in [1.29, 1.82) is 0 Å². The van der Waals surface area contributed by atoms with Crippen LogP contribution >= 0.6 is 12.4 Å². The lowest BCUT2D eigenvalue weighted by Gasteiger charge is -2.28. The zero-order chi connectivity index (χ0) is 29.7. The first-order chi connectivity index (χ1) is 19.5. The van der Waals surface area contributed by atoms with Crippen molar-refractivity contribution >= 4 is 52.8 Å². The highest BCUT2D eigenvalue weighted by Gasteiger charge is 2.35. The number of para-hydroxylation sites is 1. The maximum atomic E-state index is 14.1. The summed E-state index contributed by atoms with van der Waals surface area (Å²) >= 11 is 0. The molecule has 2 aromatic rings. The van der Waals surface area contributed by atoms with Crippen molar-refractivity contribution in [2.45, 2.75) is 70.5 Å². The van der Waals surface area contributed by atoms with Crippen LogP contribution < -0.4 is 21.7 Å². The van der Waals surface area contributed by atoms with Crippen LogP contribution in [0.1, 0.15) is 62.9 Å². The van der Waals surface area contributed by atoms with Gasteiger partial charge in [-0.05, 0) is 49.7 Å². The number of carbonyl (C=O) groups is 5. The largest absolute Gasteiger partial charge is 0.456 e. The van der Waals surface area contributed by atoms with Crippen LogP contribution in [0.15, 0.2) is 24.3 Å². The molecule has 1 aromatic carbocycles. The van der Waals surface area contributed by atoms with Gasteiger partial charge in [-0.2, -0.15) is 0 Å². The molecule has 3 unspecified atom stereocenters. The van der Waals surface area contributed by atoms with E-state index in [1.165, 1.54) is 18.2 Å². The minimum Gasteiger partial charge on any atom is -0.456 e. The molecular formula is C29H39ClFN5O6. The average Bonchev–Trinajstić information content (AvgIpc) is 3.65. The van der Waals surface area contributed by atoms with E-state index in [4.69, 9.17) is 10.5 Å². The maximum absolute atomic E-state index is 14.1. The molecule has 1 aliphatic heterocycles. The summed E-state index contributed by atoms with van der Waals surface area (Å²) in [6, 6.07) is 2.98. The Kier molecular flexibility index (Phi) is 11.5. The second-order valence-electron chi connectivity index (χ2n) is 11.4. The topological polar surface area (TPSA) is 172 Å². The highest BCUT2D eigenvalue weighted by molar-refractivity contribution is 6.01. The third-order valence-corrected chi connectivity index (χ3v) is 7.71. The Balaban J connectivity index is 0.00000484. The van der Waals surface area contributed by atoms with Gasteiger partial charge in [-0.15, -0.1) is 12.4 Å². The molecule has 13 heteroatoms. The fraction of sp³-hybridized carbons (Fsp3) is 0.552. The summed E-state index contributed by atoms with van der Waals surface area (Å²) in [7, 11) is 0. The number of esters is 1. The standard InChI is InChI=1S/C29H38FN5O6.ClH/c1-15(2)24(31)29(40)41-14-23(36)20(13-18-6-4-10-32-26(18)37)34-27(38)21(11-16-8-9-16)35-28(39)22-12-17-5-3-7-19(30)25(17)33-22;/h3,5,7,12,15-16,18,20-21,24,33H,4,6,8-11,13-14,31H2,1-2H3,(H,32,37)(H,34,38)(H,35,39);1H/t18-,20?,21?,24?;/m0./s1. The van der Waals surface area contributed by atoms with Crippen LogP contribution in [0.25, 0.3) is 10.9 Å². The summed E-state index contributed by atoms with van der Waals surface area (Å²) in [5, 5.41) is 8.72. The molecule has 2 heterocycles. The van der Waals surface area contributed by atoms with Gasteiger partial charge in [-0.25, -0.2) is 4.39 Å². The highest BCUT2D eigenvalue weighted by atomic mass is 35.5. The van der Waals surface area contributed by atoms with Gasteiger partial charge in [0.1, 0.15) is 23.6 Å². The maximum Gasteiger partial charge on any atom is 0.323 e. The number of benzene rings is 1. The molecule has 11 nitrogen and oxygen atoms in total. The Bertz CT molecular complexity index is 1310. The second kappa shape index (κ2) is 14.6. The normalized spacial score (nSPS) is 18.8. The molecule has 0 spiro atoms. The summed E-state index contributed by atoms with van der Waals surface area (Å²) in [6.45, 7) is 3.43. The van der Waals surface area contributed by atoms with Crippen molar-refractivity contribution in [2.75, 3.05) is 13.2 Å². The first-order valence-corrected chi connectivity index (χ1v) is 14.1. The Morgan fingerprint density at radius 3 is 2.48 bits per heavy atom. The van der Waals surface area contributed by atoms with Gasteiger partial charge in [0.05, 0.1) is 11.6 Å². The number of Topliss-reactive ketones (excluding diaryl/α,β-unsaturated/α-hetero) is 1. The Hall–Kier alpha value is -3.51. The zero-order valence-corrected chi connectivity index (χ0v) is 24.6. The fourth-order valence-corrected chi connectivity index (χ4v) is 4.90. The van der Waals surface area contributed by atoms with E-state index >= 15 is 0 Å². The lowest BCUT2D eigenvalue weighted by molar-refractivity contribution is -0.151. The lowest BCUT2D eigenvalue weighted by Crippen LogP contribution is -2.54. The molecule has 1 aliphatic carbocycles. The summed E-state index contributed by atoms with van der Waals surface area (Å²) in [5.74, 6) is -3.68. The van der Waals surface area contributed by atoms with Crippen LogP contribution in [0.5, 0.6) is 0 Å². The molecule has 4 rings (SSSR count). The van der Waals surface area contributed by atoms with Crippen molar-refractivity contribution < 1.29 is 33.1 Å². The molecule has 1 aromatic heterocycles. The van der Waals surface area contributed by atoms with E-state index in [-0.39, 0.29) is 47.8 Å². The van der Waals surface area contributed by atoms with E-state index in [9.17, 15) is 28.4 Å². The van der Waals surface area contributed by atoms with Crippen LogP contribution in [0, 0.1) is 23.6 Å². The van der Waals surface area contributed by atoms with Crippen LogP contribution in [0.4, 0.5) is 4.39 Å². The number of aromatic nitrogens is 1. The number of aromatic amines is 1. The molecule has 6 N–H and O–H groups in total. The predicted molar refractivity (Wildman–Crippen MR) is 155 cm³/mol. The van der Waals surface area contributed by atoms with Crippen molar-refractivity contribution in [3.63, 3.8) is 0 Å². The summed E-state index contributed by atoms with van der Waals surface area (Å²) < 4.78 is 19.3. The Labute approximate surface area is 249 Å². The molecule has 0 radical (unpaired) electrons. The van der Waals surface area contributed by atoms with Crippen LogP contribution in [0.3, 0.4) is 0 Å². The minimum atomic E-state index is -1.12. The number of fused-ring (bicyclic) bond motifs is 1. The molecule has 42 heavy (non-hydrogen) atoms. The molecular weight excluding hydrogens is 569 g/mol. The van der Waals surface area contributed by atoms with E-state index in [0.717, 1.165) is 19.3 Å².